The number of nitrogens with zero attached hydrogens (tertiary/aromatic N) is 5. The summed E-state index contributed by atoms with van der Waals surface area (Å²) in [5.41, 5.74) is 6.77. The number of thiazole rings is 1. The number of aromatic amines is 1. The standard InChI is InChI=1S/C26H15Cl2FN8S/c27-18-7-15(2-3-20(18)29)34-24-14(9-30)10-31-26-17(24)6-16(8-19(26)28)35-25(22-11-33-37-36-22)13-1-4-21-23(5-13)38-12-32-21/h1-8,10-12,25,35H,(H,31,34)(H,33,36,37)/t25-/m0/s1. The van der Waals surface area contributed by atoms with Crippen LogP contribution < -0.4 is 10.6 Å². The van der Waals surface area contributed by atoms with E-state index in [4.69, 9.17) is 23.2 Å². The third kappa shape index (κ3) is 4.48. The van der Waals surface area contributed by atoms with Crippen molar-refractivity contribution in [3.05, 3.63) is 99.1 Å². The predicted molar refractivity (Wildman–Crippen MR) is 148 cm³/mol. The Bertz CT molecular complexity index is 1850. The molecule has 6 rings (SSSR count). The van der Waals surface area contributed by atoms with Crippen molar-refractivity contribution < 1.29 is 4.39 Å². The molecule has 0 saturated heterocycles. The van der Waals surface area contributed by atoms with Crippen LogP contribution in [-0.2, 0) is 0 Å². The van der Waals surface area contributed by atoms with E-state index in [0.717, 1.165) is 15.8 Å². The summed E-state index contributed by atoms with van der Waals surface area (Å²) in [5.74, 6) is -0.540. The second-order valence-electron chi connectivity index (χ2n) is 8.32. The summed E-state index contributed by atoms with van der Waals surface area (Å²) in [5, 5.41) is 28.3. The van der Waals surface area contributed by atoms with Crippen LogP contribution in [0.4, 0.5) is 21.5 Å². The van der Waals surface area contributed by atoms with E-state index >= 15 is 0 Å². The van der Waals surface area contributed by atoms with Crippen molar-refractivity contribution in [1.29, 1.82) is 5.26 Å². The van der Waals surface area contributed by atoms with Gasteiger partial charge >= 0.3 is 0 Å². The fourth-order valence-corrected chi connectivity index (χ4v) is 5.35. The van der Waals surface area contributed by atoms with Gasteiger partial charge in [0.05, 0.1) is 48.6 Å². The second kappa shape index (κ2) is 9.87. The molecule has 38 heavy (non-hydrogen) atoms. The molecule has 0 aliphatic heterocycles. The molecule has 186 valence electrons. The lowest BCUT2D eigenvalue weighted by Crippen LogP contribution is -2.13. The molecular formula is C26H15Cl2FN8S. The Hall–Kier alpha value is -4.30. The van der Waals surface area contributed by atoms with Crippen LogP contribution in [0.15, 0.2) is 66.4 Å². The van der Waals surface area contributed by atoms with E-state index in [1.807, 2.05) is 18.2 Å². The maximum Gasteiger partial charge on any atom is 0.141 e. The maximum absolute atomic E-state index is 13.7. The first-order valence-corrected chi connectivity index (χ1v) is 12.8. The average Bonchev–Trinajstić information content (AvgIpc) is 3.62. The van der Waals surface area contributed by atoms with Crippen LogP contribution in [0.5, 0.6) is 0 Å². The minimum absolute atomic E-state index is 0.0411. The molecule has 0 spiro atoms. The highest BCUT2D eigenvalue weighted by Gasteiger charge is 2.20. The molecule has 1 atom stereocenters. The summed E-state index contributed by atoms with van der Waals surface area (Å²) in [4.78, 5) is 8.76. The number of halogens is 3. The van der Waals surface area contributed by atoms with Gasteiger partial charge < -0.3 is 10.6 Å². The second-order valence-corrected chi connectivity index (χ2v) is 10.0. The molecule has 0 amide bonds. The summed E-state index contributed by atoms with van der Waals surface area (Å²) in [6, 6.07) is 15.6. The number of rotatable bonds is 6. The van der Waals surface area contributed by atoms with Crippen molar-refractivity contribution in [3.8, 4) is 6.07 Å². The van der Waals surface area contributed by atoms with Crippen LogP contribution in [0.3, 0.4) is 0 Å². The number of hydrogen-bond donors (Lipinski definition) is 3. The molecule has 3 aromatic carbocycles. The lowest BCUT2D eigenvalue weighted by molar-refractivity contribution is 0.628. The highest BCUT2D eigenvalue weighted by atomic mass is 35.5. The molecular weight excluding hydrogens is 546 g/mol. The summed E-state index contributed by atoms with van der Waals surface area (Å²) in [6.45, 7) is 0. The first-order chi connectivity index (χ1) is 18.5. The van der Waals surface area contributed by atoms with Crippen molar-refractivity contribution >= 4 is 72.7 Å². The predicted octanol–water partition coefficient (Wildman–Crippen LogP) is 7.23. The quantitative estimate of drug-likeness (QED) is 0.197. The van der Waals surface area contributed by atoms with Gasteiger partial charge in [0.15, 0.2) is 0 Å². The van der Waals surface area contributed by atoms with Gasteiger partial charge in [-0.1, -0.05) is 34.5 Å². The highest BCUT2D eigenvalue weighted by molar-refractivity contribution is 7.16. The van der Waals surface area contributed by atoms with Gasteiger partial charge in [-0.3, -0.25) is 10.1 Å². The van der Waals surface area contributed by atoms with E-state index in [2.05, 4.69) is 48.1 Å². The summed E-state index contributed by atoms with van der Waals surface area (Å²) in [7, 11) is 0. The zero-order valence-corrected chi connectivity index (χ0v) is 21.5. The fraction of sp³-hybridized carbons (Fsp3) is 0.0385. The van der Waals surface area contributed by atoms with Crippen molar-refractivity contribution in [1.82, 2.24) is 25.4 Å². The van der Waals surface area contributed by atoms with Crippen LogP contribution in [-0.4, -0.2) is 25.4 Å². The molecule has 3 aromatic heterocycles. The average molecular weight is 561 g/mol. The molecule has 0 bridgehead atoms. The molecule has 0 unspecified atom stereocenters. The topological polar surface area (TPSA) is 115 Å². The van der Waals surface area contributed by atoms with Crippen molar-refractivity contribution in [3.63, 3.8) is 0 Å². The SMILES string of the molecule is N#Cc1cnc2c(Cl)cc(N[C@@H](c3ccc4ncsc4c3)c3c[nH]nn3)cc2c1Nc1ccc(F)c(Cl)c1. The number of hydrogen-bond acceptors (Lipinski definition) is 8. The Morgan fingerprint density at radius 1 is 1.03 bits per heavy atom. The van der Waals surface area contributed by atoms with E-state index < -0.39 is 5.82 Å². The molecule has 3 N–H and O–H groups in total. The molecule has 0 radical (unpaired) electrons. The Morgan fingerprint density at radius 2 is 1.89 bits per heavy atom. The van der Waals surface area contributed by atoms with Crippen LogP contribution in [0.2, 0.25) is 10.0 Å². The van der Waals surface area contributed by atoms with E-state index in [1.165, 1.54) is 24.4 Å². The molecule has 0 fully saturated rings. The Kier molecular flexibility index (Phi) is 6.25. The molecule has 6 aromatic rings. The lowest BCUT2D eigenvalue weighted by Gasteiger charge is -2.20. The van der Waals surface area contributed by atoms with Crippen molar-refractivity contribution in [2.24, 2.45) is 0 Å². The fourth-order valence-electron chi connectivity index (χ4n) is 4.18. The highest BCUT2D eigenvalue weighted by Crippen LogP contribution is 2.37. The first-order valence-electron chi connectivity index (χ1n) is 11.2. The minimum Gasteiger partial charge on any atom is -0.373 e. The van der Waals surface area contributed by atoms with E-state index in [0.29, 0.717) is 38.7 Å². The van der Waals surface area contributed by atoms with Gasteiger partial charge in [0.1, 0.15) is 17.6 Å². The lowest BCUT2D eigenvalue weighted by atomic mass is 10.0. The summed E-state index contributed by atoms with van der Waals surface area (Å²) >= 11 is 14.2. The molecule has 0 aliphatic rings. The van der Waals surface area contributed by atoms with E-state index in [-0.39, 0.29) is 16.6 Å². The van der Waals surface area contributed by atoms with E-state index in [1.54, 1.807) is 29.1 Å². The molecule has 3 heterocycles. The zero-order valence-electron chi connectivity index (χ0n) is 19.2. The van der Waals surface area contributed by atoms with Gasteiger partial charge in [-0.2, -0.15) is 5.26 Å². The van der Waals surface area contributed by atoms with Gasteiger partial charge in [0.25, 0.3) is 0 Å². The normalized spacial score (nSPS) is 11.9. The Labute approximate surface area is 229 Å². The molecule has 0 aliphatic carbocycles. The van der Waals surface area contributed by atoms with Crippen LogP contribution in [0.1, 0.15) is 22.9 Å². The third-order valence-electron chi connectivity index (χ3n) is 5.97. The van der Waals surface area contributed by atoms with Gasteiger partial charge in [-0.25, -0.2) is 9.37 Å². The van der Waals surface area contributed by atoms with Crippen LogP contribution in [0, 0.1) is 17.1 Å². The number of nitriles is 1. The van der Waals surface area contributed by atoms with Gasteiger partial charge in [0, 0.05) is 29.2 Å². The number of aromatic nitrogens is 5. The number of fused-ring (bicyclic) bond motifs is 2. The molecule has 12 heteroatoms. The number of anilines is 3. The Morgan fingerprint density at radius 3 is 2.68 bits per heavy atom. The first kappa shape index (κ1) is 24.1. The van der Waals surface area contributed by atoms with Gasteiger partial charge in [0.2, 0.25) is 0 Å². The summed E-state index contributed by atoms with van der Waals surface area (Å²) < 4.78 is 14.8. The largest absolute Gasteiger partial charge is 0.373 e. The number of nitrogens with one attached hydrogen (secondary N) is 3. The van der Waals surface area contributed by atoms with E-state index in [9.17, 15) is 9.65 Å². The molecule has 8 nitrogen and oxygen atoms in total. The Balaban J connectivity index is 1.46. The number of pyridine rings is 1. The molecule has 0 saturated carbocycles. The van der Waals surface area contributed by atoms with Crippen LogP contribution in [0.25, 0.3) is 21.1 Å². The number of benzene rings is 3. The monoisotopic (exact) mass is 560 g/mol. The zero-order chi connectivity index (χ0) is 26.2. The third-order valence-corrected chi connectivity index (χ3v) is 7.33. The van der Waals surface area contributed by atoms with Gasteiger partial charge in [-0.15, -0.1) is 16.4 Å². The summed E-state index contributed by atoms with van der Waals surface area (Å²) in [6.07, 6.45) is 3.16. The van der Waals surface area contributed by atoms with Crippen molar-refractivity contribution in [2.45, 2.75) is 6.04 Å². The number of H-pyrrole nitrogens is 1. The van der Waals surface area contributed by atoms with Gasteiger partial charge in [-0.05, 0) is 48.0 Å². The van der Waals surface area contributed by atoms with Crippen LogP contribution >= 0.6 is 34.5 Å². The minimum atomic E-state index is -0.540. The van der Waals surface area contributed by atoms with Crippen molar-refractivity contribution in [2.75, 3.05) is 10.6 Å². The smallest absolute Gasteiger partial charge is 0.141 e. The maximum atomic E-state index is 13.7.